The van der Waals surface area contributed by atoms with Gasteiger partial charge in [0.15, 0.2) is 0 Å². The predicted molar refractivity (Wildman–Crippen MR) is 205 cm³/mol. The van der Waals surface area contributed by atoms with E-state index in [-0.39, 0.29) is 0 Å². The van der Waals surface area contributed by atoms with Crippen LogP contribution in [0.2, 0.25) is 0 Å². The predicted octanol–water partition coefficient (Wildman–Crippen LogP) is 13.5. The first kappa shape index (κ1) is 27.1. The Balaban J connectivity index is 0.986. The molecule has 1 atom stereocenters. The third-order valence-corrected chi connectivity index (χ3v) is 12.4. The molecule has 10 rings (SSSR count). The lowest BCUT2D eigenvalue weighted by molar-refractivity contribution is 0.730. The molecular formula is C45H30S2. The van der Waals surface area contributed by atoms with Crippen molar-refractivity contribution in [3.8, 4) is 33.4 Å². The summed E-state index contributed by atoms with van der Waals surface area (Å²) in [5, 5.41) is 5.45. The number of benzene rings is 7. The second-order valence-electron chi connectivity index (χ2n) is 12.8. The fraction of sp³-hybridized carbons (Fsp3) is 0.0667. The minimum Gasteiger partial charge on any atom is -0.135 e. The number of fused-ring (bicyclic) bond motifs is 9. The summed E-state index contributed by atoms with van der Waals surface area (Å²) in [7, 11) is 0. The van der Waals surface area contributed by atoms with Crippen molar-refractivity contribution in [3.05, 3.63) is 168 Å². The van der Waals surface area contributed by atoms with Crippen LogP contribution in [0.1, 0.15) is 29.0 Å². The standard InChI is InChI=1S/C45H30S2/c1-2-9-29(10-3-1)30-19-23-36-35(33-11-4-5-12-34(33)40(36)26-30)21-17-28-18-22-39-43(25-28)47-42-16-8-14-32(45(39)42)31-20-24-38-37-13-6-7-15-41(37)46-44(38)27-31/h1-16,18-20,22-27,35H,17,21H2. The molecule has 1 aliphatic rings. The van der Waals surface area contributed by atoms with Crippen LogP contribution in [-0.2, 0) is 6.42 Å². The number of hydrogen-bond donors (Lipinski definition) is 0. The van der Waals surface area contributed by atoms with E-state index < -0.39 is 0 Å². The summed E-state index contributed by atoms with van der Waals surface area (Å²) in [6.07, 6.45) is 2.16. The topological polar surface area (TPSA) is 0 Å². The van der Waals surface area contributed by atoms with Gasteiger partial charge >= 0.3 is 0 Å². The Bertz CT molecular complexity index is 2640. The van der Waals surface area contributed by atoms with E-state index in [1.807, 2.05) is 22.7 Å². The van der Waals surface area contributed by atoms with Crippen molar-refractivity contribution in [1.82, 2.24) is 0 Å². The van der Waals surface area contributed by atoms with E-state index in [9.17, 15) is 0 Å². The molecule has 7 aromatic carbocycles. The largest absolute Gasteiger partial charge is 0.135 e. The average molecular weight is 635 g/mol. The Morgan fingerprint density at radius 1 is 0.404 bits per heavy atom. The summed E-state index contributed by atoms with van der Waals surface area (Å²) in [6, 6.07) is 56.7. The monoisotopic (exact) mass is 634 g/mol. The third kappa shape index (κ3) is 4.40. The van der Waals surface area contributed by atoms with Gasteiger partial charge in [-0.25, -0.2) is 0 Å². The van der Waals surface area contributed by atoms with Gasteiger partial charge in [0.2, 0.25) is 0 Å². The molecular weight excluding hydrogens is 605 g/mol. The SMILES string of the molecule is c1ccc(-c2ccc3c(c2)-c2ccccc2C3CCc2ccc3c(c2)sc2cccc(-c4ccc5c(c4)sc4ccccc45)c23)cc1. The third-order valence-electron chi connectivity index (χ3n) is 10.1. The van der Waals surface area contributed by atoms with Gasteiger partial charge in [-0.05, 0) is 93.2 Å². The molecule has 0 fully saturated rings. The molecule has 0 bridgehead atoms. The molecule has 0 aliphatic heterocycles. The molecule has 9 aromatic rings. The maximum Gasteiger partial charge on any atom is 0.0361 e. The van der Waals surface area contributed by atoms with Crippen LogP contribution in [0, 0.1) is 0 Å². The molecule has 2 heteroatoms. The highest BCUT2D eigenvalue weighted by atomic mass is 32.1. The van der Waals surface area contributed by atoms with Crippen molar-refractivity contribution in [2.24, 2.45) is 0 Å². The van der Waals surface area contributed by atoms with Crippen LogP contribution < -0.4 is 0 Å². The Kier molecular flexibility index (Phi) is 6.22. The fourth-order valence-corrected chi connectivity index (χ4v) is 10.2. The maximum absolute atomic E-state index is 2.46. The van der Waals surface area contributed by atoms with Crippen molar-refractivity contribution in [2.75, 3.05) is 0 Å². The van der Waals surface area contributed by atoms with Crippen molar-refractivity contribution in [3.63, 3.8) is 0 Å². The van der Waals surface area contributed by atoms with E-state index in [1.165, 1.54) is 90.4 Å². The lowest BCUT2D eigenvalue weighted by atomic mass is 9.89. The van der Waals surface area contributed by atoms with E-state index in [0.717, 1.165) is 12.8 Å². The van der Waals surface area contributed by atoms with Crippen LogP contribution in [0.3, 0.4) is 0 Å². The van der Waals surface area contributed by atoms with Crippen LogP contribution in [0.5, 0.6) is 0 Å². The molecule has 0 amide bonds. The van der Waals surface area contributed by atoms with Gasteiger partial charge in [-0.3, -0.25) is 0 Å². The van der Waals surface area contributed by atoms with Crippen LogP contribution in [0.15, 0.2) is 152 Å². The number of hydrogen-bond acceptors (Lipinski definition) is 2. The van der Waals surface area contributed by atoms with Gasteiger partial charge in [-0.1, -0.05) is 121 Å². The molecule has 0 saturated carbocycles. The smallest absolute Gasteiger partial charge is 0.0361 e. The Morgan fingerprint density at radius 3 is 2.06 bits per heavy atom. The molecule has 2 aromatic heterocycles. The van der Waals surface area contributed by atoms with Crippen molar-refractivity contribution < 1.29 is 0 Å². The van der Waals surface area contributed by atoms with Gasteiger partial charge in [-0.15, -0.1) is 22.7 Å². The zero-order chi connectivity index (χ0) is 30.9. The van der Waals surface area contributed by atoms with E-state index in [0.29, 0.717) is 5.92 Å². The lowest BCUT2D eigenvalue weighted by Gasteiger charge is -2.14. The van der Waals surface area contributed by atoms with E-state index in [4.69, 9.17) is 0 Å². The highest BCUT2D eigenvalue weighted by Crippen LogP contribution is 2.48. The minimum absolute atomic E-state index is 0.416. The minimum atomic E-state index is 0.416. The summed E-state index contributed by atoms with van der Waals surface area (Å²) in [5.74, 6) is 0.416. The molecule has 2 heterocycles. The first-order chi connectivity index (χ1) is 23.3. The van der Waals surface area contributed by atoms with Gasteiger partial charge in [-0.2, -0.15) is 0 Å². The van der Waals surface area contributed by atoms with Crippen LogP contribution in [-0.4, -0.2) is 0 Å². The number of aryl methyl sites for hydroxylation is 1. The first-order valence-electron chi connectivity index (χ1n) is 16.4. The van der Waals surface area contributed by atoms with Gasteiger partial charge in [0, 0.05) is 46.3 Å². The summed E-state index contributed by atoms with van der Waals surface area (Å²) in [5.41, 5.74) is 12.3. The summed E-state index contributed by atoms with van der Waals surface area (Å²) in [4.78, 5) is 0. The first-order valence-corrected chi connectivity index (χ1v) is 18.1. The summed E-state index contributed by atoms with van der Waals surface area (Å²) in [6.45, 7) is 0. The van der Waals surface area contributed by atoms with Gasteiger partial charge in [0.05, 0.1) is 0 Å². The van der Waals surface area contributed by atoms with E-state index >= 15 is 0 Å². The molecule has 1 unspecified atom stereocenters. The quantitative estimate of drug-likeness (QED) is 0.177. The van der Waals surface area contributed by atoms with Crippen LogP contribution in [0.25, 0.3) is 73.7 Å². The second kappa shape index (κ2) is 10.8. The lowest BCUT2D eigenvalue weighted by Crippen LogP contribution is -1.99. The van der Waals surface area contributed by atoms with Gasteiger partial charge in [0.1, 0.15) is 0 Å². The highest BCUT2D eigenvalue weighted by Gasteiger charge is 2.28. The van der Waals surface area contributed by atoms with E-state index in [1.54, 1.807) is 0 Å². The zero-order valence-electron chi connectivity index (χ0n) is 25.7. The Hall–Kier alpha value is -5.02. The second-order valence-corrected chi connectivity index (χ2v) is 14.9. The molecule has 47 heavy (non-hydrogen) atoms. The highest BCUT2D eigenvalue weighted by molar-refractivity contribution is 7.26. The van der Waals surface area contributed by atoms with Crippen molar-refractivity contribution >= 4 is 63.0 Å². The van der Waals surface area contributed by atoms with Crippen LogP contribution in [0.4, 0.5) is 0 Å². The van der Waals surface area contributed by atoms with Crippen LogP contribution >= 0.6 is 22.7 Å². The number of thiophene rings is 2. The molecule has 0 spiro atoms. The van der Waals surface area contributed by atoms with Crippen molar-refractivity contribution in [2.45, 2.75) is 18.8 Å². The maximum atomic E-state index is 2.46. The summed E-state index contributed by atoms with van der Waals surface area (Å²) < 4.78 is 5.45. The van der Waals surface area contributed by atoms with Gasteiger partial charge in [0.25, 0.3) is 0 Å². The fourth-order valence-electron chi connectivity index (χ4n) is 7.90. The molecule has 1 aliphatic carbocycles. The average Bonchev–Trinajstić information content (AvgIpc) is 3.79. The molecule has 0 nitrogen and oxygen atoms in total. The van der Waals surface area contributed by atoms with Gasteiger partial charge < -0.3 is 0 Å². The Morgan fingerprint density at radius 2 is 1.11 bits per heavy atom. The molecule has 0 N–H and O–H groups in total. The van der Waals surface area contributed by atoms with E-state index in [2.05, 4.69) is 152 Å². The van der Waals surface area contributed by atoms with Crippen molar-refractivity contribution in [1.29, 1.82) is 0 Å². The molecule has 222 valence electrons. The molecule has 0 radical (unpaired) electrons. The normalized spacial score (nSPS) is 13.9. The zero-order valence-corrected chi connectivity index (χ0v) is 27.4. The Labute approximate surface area is 282 Å². The number of rotatable bonds is 5. The molecule has 0 saturated heterocycles. The summed E-state index contributed by atoms with van der Waals surface area (Å²) >= 11 is 3.82.